The number of anilines is 1. The van der Waals surface area contributed by atoms with Gasteiger partial charge in [0.15, 0.2) is 18.5 Å². The zero-order chi connectivity index (χ0) is 26.6. The molecule has 0 fully saturated rings. The van der Waals surface area contributed by atoms with Crippen LogP contribution in [-0.2, 0) is 19.1 Å². The van der Waals surface area contributed by atoms with Crippen LogP contribution in [0.15, 0.2) is 84.9 Å². The molecule has 0 spiro atoms. The van der Waals surface area contributed by atoms with Crippen LogP contribution in [0.2, 0.25) is 0 Å². The van der Waals surface area contributed by atoms with Gasteiger partial charge in [0, 0.05) is 29.7 Å². The van der Waals surface area contributed by atoms with E-state index in [0.29, 0.717) is 16.8 Å². The number of hydrogen-bond donors (Lipinski definition) is 1. The third-order valence-electron chi connectivity index (χ3n) is 5.36. The van der Waals surface area contributed by atoms with Crippen LogP contribution in [0.4, 0.5) is 5.69 Å². The summed E-state index contributed by atoms with van der Waals surface area (Å²) in [6.07, 6.45) is -0.621. The maximum absolute atomic E-state index is 12.4. The van der Waals surface area contributed by atoms with Crippen molar-refractivity contribution in [3.05, 3.63) is 102 Å². The zero-order valence-electron chi connectivity index (χ0n) is 20.3. The van der Waals surface area contributed by atoms with E-state index >= 15 is 0 Å². The predicted molar refractivity (Wildman–Crippen MR) is 136 cm³/mol. The Kier molecular flexibility index (Phi) is 9.84. The summed E-state index contributed by atoms with van der Waals surface area (Å²) in [5.41, 5.74) is 1.61. The van der Waals surface area contributed by atoms with Crippen molar-refractivity contribution in [2.45, 2.75) is 32.3 Å². The van der Waals surface area contributed by atoms with E-state index in [0.717, 1.165) is 0 Å². The summed E-state index contributed by atoms with van der Waals surface area (Å²) in [6, 6.07) is 23.1. The summed E-state index contributed by atoms with van der Waals surface area (Å²) >= 11 is 0. The Morgan fingerprint density at radius 3 is 1.95 bits per heavy atom. The highest BCUT2D eigenvalue weighted by molar-refractivity contribution is 6.01. The van der Waals surface area contributed by atoms with Crippen LogP contribution in [0.5, 0.6) is 0 Å². The van der Waals surface area contributed by atoms with E-state index in [9.17, 15) is 24.0 Å². The average molecular weight is 502 g/mol. The van der Waals surface area contributed by atoms with Crippen LogP contribution in [0.1, 0.15) is 57.3 Å². The molecule has 1 atom stereocenters. The molecule has 0 aliphatic heterocycles. The number of esters is 2. The van der Waals surface area contributed by atoms with E-state index in [1.807, 2.05) is 0 Å². The molecule has 8 heteroatoms. The Labute approximate surface area is 214 Å². The smallest absolute Gasteiger partial charge is 0.338 e. The minimum Gasteiger partial charge on any atom is -0.457 e. The van der Waals surface area contributed by atoms with Gasteiger partial charge >= 0.3 is 11.9 Å². The molecule has 0 aliphatic carbocycles. The van der Waals surface area contributed by atoms with Crippen LogP contribution in [-0.4, -0.2) is 42.1 Å². The highest BCUT2D eigenvalue weighted by Crippen LogP contribution is 2.14. The number of hydrogen-bond acceptors (Lipinski definition) is 7. The van der Waals surface area contributed by atoms with Crippen LogP contribution >= 0.6 is 0 Å². The molecule has 0 unspecified atom stereocenters. The van der Waals surface area contributed by atoms with E-state index in [1.165, 1.54) is 19.1 Å². The number of rotatable bonds is 12. The molecule has 0 aromatic heterocycles. The Bertz CT molecular complexity index is 1240. The summed E-state index contributed by atoms with van der Waals surface area (Å²) in [4.78, 5) is 60.7. The van der Waals surface area contributed by atoms with Gasteiger partial charge in [-0.2, -0.15) is 0 Å². The topological polar surface area (TPSA) is 116 Å². The van der Waals surface area contributed by atoms with Gasteiger partial charge in [0.2, 0.25) is 11.7 Å². The third kappa shape index (κ3) is 8.54. The van der Waals surface area contributed by atoms with Crippen molar-refractivity contribution >= 4 is 35.1 Å². The molecule has 1 N–H and O–H groups in total. The first-order chi connectivity index (χ1) is 17.8. The standard InChI is InChI=1S/C29H27NO7/c1-20(28(34)22-11-6-3-7-12-22)37-29(35)23-15-17-24(18-16-23)30-26(32)13-8-14-27(33)36-19-25(31)21-9-4-2-5-10-21/h2-7,9-12,15-18,20H,8,13-14,19H2,1H3,(H,30,32)/t20-/m0/s1. The van der Waals surface area contributed by atoms with Gasteiger partial charge in [0.1, 0.15) is 0 Å². The monoisotopic (exact) mass is 501 g/mol. The molecule has 0 heterocycles. The first-order valence-corrected chi connectivity index (χ1v) is 11.8. The maximum atomic E-state index is 12.4. The second-order valence-electron chi connectivity index (χ2n) is 8.21. The second-order valence-corrected chi connectivity index (χ2v) is 8.21. The Balaban J connectivity index is 1.37. The van der Waals surface area contributed by atoms with E-state index in [4.69, 9.17) is 9.47 Å². The highest BCUT2D eigenvalue weighted by atomic mass is 16.5. The molecule has 3 rings (SSSR count). The van der Waals surface area contributed by atoms with Crippen molar-refractivity contribution in [1.29, 1.82) is 0 Å². The number of amides is 1. The molecule has 0 saturated carbocycles. The quantitative estimate of drug-likeness (QED) is 0.284. The van der Waals surface area contributed by atoms with Crippen molar-refractivity contribution in [2.75, 3.05) is 11.9 Å². The predicted octanol–water partition coefficient (Wildman–Crippen LogP) is 4.65. The van der Waals surface area contributed by atoms with Crippen molar-refractivity contribution in [3.8, 4) is 0 Å². The Morgan fingerprint density at radius 2 is 1.32 bits per heavy atom. The first-order valence-electron chi connectivity index (χ1n) is 11.8. The average Bonchev–Trinajstić information content (AvgIpc) is 2.92. The van der Waals surface area contributed by atoms with Crippen molar-refractivity contribution in [2.24, 2.45) is 0 Å². The molecule has 0 radical (unpaired) electrons. The maximum Gasteiger partial charge on any atom is 0.338 e. The summed E-state index contributed by atoms with van der Waals surface area (Å²) in [5.74, 6) is -2.12. The van der Waals surface area contributed by atoms with Crippen molar-refractivity contribution in [3.63, 3.8) is 0 Å². The van der Waals surface area contributed by atoms with Crippen molar-refractivity contribution in [1.82, 2.24) is 0 Å². The zero-order valence-corrected chi connectivity index (χ0v) is 20.3. The van der Waals surface area contributed by atoms with Gasteiger partial charge in [0.05, 0.1) is 5.56 Å². The Hall–Kier alpha value is -4.59. The van der Waals surface area contributed by atoms with Crippen LogP contribution in [0.25, 0.3) is 0 Å². The summed E-state index contributed by atoms with van der Waals surface area (Å²) in [5, 5.41) is 2.68. The van der Waals surface area contributed by atoms with E-state index < -0.39 is 18.0 Å². The van der Waals surface area contributed by atoms with E-state index in [1.54, 1.807) is 72.8 Å². The number of nitrogens with one attached hydrogen (secondary N) is 1. The summed E-state index contributed by atoms with van der Waals surface area (Å²) < 4.78 is 10.2. The third-order valence-corrected chi connectivity index (χ3v) is 5.36. The number of benzene rings is 3. The second kappa shape index (κ2) is 13.5. The highest BCUT2D eigenvalue weighted by Gasteiger charge is 2.20. The van der Waals surface area contributed by atoms with Gasteiger partial charge in [-0.1, -0.05) is 60.7 Å². The number of ketones is 2. The molecule has 3 aromatic rings. The molecule has 8 nitrogen and oxygen atoms in total. The fraction of sp³-hybridized carbons (Fsp3) is 0.207. The SMILES string of the molecule is C[C@H](OC(=O)c1ccc(NC(=O)CCCC(=O)OCC(=O)c2ccccc2)cc1)C(=O)c1ccccc1. The van der Waals surface area contributed by atoms with Gasteiger partial charge in [-0.25, -0.2) is 4.79 Å². The van der Waals surface area contributed by atoms with Crippen molar-refractivity contribution < 1.29 is 33.4 Å². The van der Waals surface area contributed by atoms with Crippen LogP contribution in [0.3, 0.4) is 0 Å². The van der Waals surface area contributed by atoms with Crippen LogP contribution < -0.4 is 5.32 Å². The lowest BCUT2D eigenvalue weighted by molar-refractivity contribution is -0.142. The summed E-state index contributed by atoms with van der Waals surface area (Å²) in [6.45, 7) is 1.17. The normalized spacial score (nSPS) is 11.2. The Morgan fingerprint density at radius 1 is 0.730 bits per heavy atom. The molecule has 37 heavy (non-hydrogen) atoms. The molecular formula is C29H27NO7. The number of ether oxygens (including phenoxy) is 2. The molecule has 0 bridgehead atoms. The van der Waals surface area contributed by atoms with Gasteiger partial charge in [-0.3, -0.25) is 19.2 Å². The minimum atomic E-state index is -0.947. The van der Waals surface area contributed by atoms with Gasteiger partial charge in [0.25, 0.3) is 0 Å². The van der Waals surface area contributed by atoms with Gasteiger partial charge in [-0.05, 0) is 37.6 Å². The largest absolute Gasteiger partial charge is 0.457 e. The molecule has 0 saturated heterocycles. The van der Waals surface area contributed by atoms with Gasteiger partial charge < -0.3 is 14.8 Å². The van der Waals surface area contributed by atoms with E-state index in [2.05, 4.69) is 5.32 Å². The number of carbonyl (C=O) groups is 5. The first kappa shape index (κ1) is 27.0. The molecule has 3 aromatic carbocycles. The number of carbonyl (C=O) groups excluding carboxylic acids is 5. The lowest BCUT2D eigenvalue weighted by Gasteiger charge is -2.12. The number of Topliss-reactive ketones (excluding diaryl/α,β-unsaturated/α-hetero) is 2. The molecule has 190 valence electrons. The summed E-state index contributed by atoms with van der Waals surface area (Å²) in [7, 11) is 0. The van der Waals surface area contributed by atoms with Crippen LogP contribution in [0, 0.1) is 0 Å². The van der Waals surface area contributed by atoms with Gasteiger partial charge in [-0.15, -0.1) is 0 Å². The minimum absolute atomic E-state index is 0.000153. The molecule has 1 amide bonds. The fourth-order valence-electron chi connectivity index (χ4n) is 3.35. The molecule has 0 aliphatic rings. The molecular weight excluding hydrogens is 474 g/mol. The lowest BCUT2D eigenvalue weighted by Crippen LogP contribution is -2.24. The fourth-order valence-corrected chi connectivity index (χ4v) is 3.35. The lowest BCUT2D eigenvalue weighted by atomic mass is 10.1. The van der Waals surface area contributed by atoms with E-state index in [-0.39, 0.29) is 48.9 Å².